The topological polar surface area (TPSA) is 53.2 Å². The molecule has 1 fully saturated rings. The van der Waals surface area contributed by atoms with Crippen LogP contribution < -0.4 is 16.0 Å². The van der Waals surface area contributed by atoms with Gasteiger partial charge in [-0.1, -0.05) is 19.1 Å². The van der Waals surface area contributed by atoms with Crippen molar-refractivity contribution >= 4 is 11.7 Å². The van der Waals surface area contributed by atoms with E-state index in [-0.39, 0.29) is 11.6 Å². The van der Waals surface area contributed by atoms with Gasteiger partial charge in [0, 0.05) is 17.3 Å². The van der Waals surface area contributed by atoms with E-state index in [0.717, 1.165) is 12.2 Å². The predicted molar refractivity (Wildman–Crippen MR) is 87.5 cm³/mol. The highest BCUT2D eigenvalue weighted by atomic mass is 16.2. The van der Waals surface area contributed by atoms with Gasteiger partial charge in [0.25, 0.3) is 0 Å². The molecular formula is C17H27N3O. The number of anilines is 1. The van der Waals surface area contributed by atoms with E-state index < -0.39 is 0 Å². The van der Waals surface area contributed by atoms with Crippen molar-refractivity contribution in [2.45, 2.75) is 52.1 Å². The van der Waals surface area contributed by atoms with Crippen LogP contribution in [0, 0.1) is 5.92 Å². The molecule has 0 radical (unpaired) electrons. The molecule has 1 saturated carbocycles. The minimum Gasteiger partial charge on any atom is -0.333 e. The van der Waals surface area contributed by atoms with Crippen LogP contribution in [0.15, 0.2) is 24.3 Å². The fourth-order valence-electron chi connectivity index (χ4n) is 2.64. The summed E-state index contributed by atoms with van der Waals surface area (Å²) in [7, 11) is 0. The van der Waals surface area contributed by atoms with Gasteiger partial charge in [-0.3, -0.25) is 0 Å². The fraction of sp³-hybridized carbons (Fsp3) is 0.588. The van der Waals surface area contributed by atoms with Gasteiger partial charge in [0.2, 0.25) is 0 Å². The lowest BCUT2D eigenvalue weighted by molar-refractivity contribution is 0.237. The van der Waals surface area contributed by atoms with Crippen LogP contribution >= 0.6 is 0 Å². The van der Waals surface area contributed by atoms with E-state index in [1.54, 1.807) is 0 Å². The summed E-state index contributed by atoms with van der Waals surface area (Å²) >= 11 is 0. The maximum Gasteiger partial charge on any atom is 0.319 e. The van der Waals surface area contributed by atoms with Crippen LogP contribution in [0.3, 0.4) is 0 Å². The van der Waals surface area contributed by atoms with Crippen LogP contribution in [0.25, 0.3) is 0 Å². The Morgan fingerprint density at radius 2 is 1.90 bits per heavy atom. The molecule has 0 aliphatic heterocycles. The minimum atomic E-state index is -0.126. The third-order valence-corrected chi connectivity index (χ3v) is 4.21. The molecule has 0 bridgehead atoms. The largest absolute Gasteiger partial charge is 0.333 e. The SMILES string of the molecule is CCNC(C)c1ccc(NC(=O)NC(C)(C)C2CC2)cc1. The first-order valence-corrected chi connectivity index (χ1v) is 7.85. The molecule has 1 aromatic carbocycles. The van der Waals surface area contributed by atoms with E-state index in [0.29, 0.717) is 12.0 Å². The Labute approximate surface area is 127 Å². The number of nitrogens with one attached hydrogen (secondary N) is 3. The summed E-state index contributed by atoms with van der Waals surface area (Å²) in [6.07, 6.45) is 2.43. The Balaban J connectivity index is 1.89. The zero-order chi connectivity index (χ0) is 15.5. The minimum absolute atomic E-state index is 0.121. The van der Waals surface area contributed by atoms with Crippen molar-refractivity contribution < 1.29 is 4.79 Å². The molecule has 1 aliphatic rings. The van der Waals surface area contributed by atoms with Crippen molar-refractivity contribution in [1.29, 1.82) is 0 Å². The third kappa shape index (κ3) is 4.46. The summed E-state index contributed by atoms with van der Waals surface area (Å²) in [4.78, 5) is 12.0. The number of carbonyl (C=O) groups is 1. The number of urea groups is 1. The summed E-state index contributed by atoms with van der Waals surface area (Å²) in [5.41, 5.74) is 1.93. The van der Waals surface area contributed by atoms with E-state index in [4.69, 9.17) is 0 Å². The van der Waals surface area contributed by atoms with Gasteiger partial charge in [-0.25, -0.2) is 4.79 Å². The molecule has 0 spiro atoms. The monoisotopic (exact) mass is 289 g/mol. The van der Waals surface area contributed by atoms with Crippen LogP contribution in [0.1, 0.15) is 52.1 Å². The number of amides is 2. The number of hydrogen-bond acceptors (Lipinski definition) is 2. The van der Waals surface area contributed by atoms with Crippen LogP contribution in [0.2, 0.25) is 0 Å². The molecule has 2 rings (SSSR count). The zero-order valence-electron chi connectivity index (χ0n) is 13.5. The van der Waals surface area contributed by atoms with Gasteiger partial charge in [-0.15, -0.1) is 0 Å². The van der Waals surface area contributed by atoms with Crippen LogP contribution in [-0.2, 0) is 0 Å². The summed E-state index contributed by atoms with van der Waals surface area (Å²) in [5, 5.41) is 9.34. The number of hydrogen-bond donors (Lipinski definition) is 3. The van der Waals surface area contributed by atoms with Crippen LogP contribution in [0.4, 0.5) is 10.5 Å². The van der Waals surface area contributed by atoms with Crippen molar-refractivity contribution in [2.75, 3.05) is 11.9 Å². The third-order valence-electron chi connectivity index (χ3n) is 4.21. The Morgan fingerprint density at radius 3 is 2.43 bits per heavy atom. The highest BCUT2D eigenvalue weighted by Crippen LogP contribution is 2.39. The smallest absolute Gasteiger partial charge is 0.319 e. The first-order valence-electron chi connectivity index (χ1n) is 7.85. The molecule has 0 aromatic heterocycles. The van der Waals surface area contributed by atoms with Gasteiger partial charge < -0.3 is 16.0 Å². The van der Waals surface area contributed by atoms with Gasteiger partial charge in [-0.2, -0.15) is 0 Å². The first-order chi connectivity index (χ1) is 9.92. The van der Waals surface area contributed by atoms with E-state index in [9.17, 15) is 4.79 Å². The fourth-order valence-corrected chi connectivity index (χ4v) is 2.64. The lowest BCUT2D eigenvalue weighted by atomic mass is 9.99. The van der Waals surface area contributed by atoms with E-state index in [1.165, 1.54) is 18.4 Å². The van der Waals surface area contributed by atoms with Crippen LogP contribution in [-0.4, -0.2) is 18.1 Å². The molecule has 1 atom stereocenters. The second-order valence-electron chi connectivity index (χ2n) is 6.48. The second kappa shape index (κ2) is 6.48. The van der Waals surface area contributed by atoms with Gasteiger partial charge in [0.05, 0.1) is 0 Å². The molecule has 0 heterocycles. The Bertz CT molecular complexity index is 477. The molecular weight excluding hydrogens is 262 g/mol. The lowest BCUT2D eigenvalue weighted by Crippen LogP contribution is -2.47. The zero-order valence-corrected chi connectivity index (χ0v) is 13.5. The predicted octanol–water partition coefficient (Wildman–Crippen LogP) is 3.67. The molecule has 116 valence electrons. The van der Waals surface area contributed by atoms with Crippen molar-refractivity contribution in [1.82, 2.24) is 10.6 Å². The number of carbonyl (C=O) groups excluding carboxylic acids is 1. The second-order valence-corrected chi connectivity index (χ2v) is 6.48. The first kappa shape index (κ1) is 15.8. The summed E-state index contributed by atoms with van der Waals surface area (Å²) in [6.45, 7) is 9.35. The number of benzene rings is 1. The van der Waals surface area contributed by atoms with Crippen molar-refractivity contribution in [3.05, 3.63) is 29.8 Å². The summed E-state index contributed by atoms with van der Waals surface area (Å²) < 4.78 is 0. The molecule has 3 N–H and O–H groups in total. The van der Waals surface area contributed by atoms with Gasteiger partial charge in [0.1, 0.15) is 0 Å². The molecule has 21 heavy (non-hydrogen) atoms. The van der Waals surface area contributed by atoms with Gasteiger partial charge >= 0.3 is 6.03 Å². The molecule has 1 aromatic rings. The number of rotatable bonds is 6. The molecule has 1 unspecified atom stereocenters. The van der Waals surface area contributed by atoms with Crippen molar-refractivity contribution in [3.8, 4) is 0 Å². The van der Waals surface area contributed by atoms with Crippen LogP contribution in [0.5, 0.6) is 0 Å². The average molecular weight is 289 g/mol. The normalized spacial score (nSPS) is 16.4. The maximum absolute atomic E-state index is 12.0. The average Bonchev–Trinajstić information content (AvgIpc) is 3.23. The van der Waals surface area contributed by atoms with Gasteiger partial charge in [-0.05, 0) is 63.8 Å². The molecule has 0 saturated heterocycles. The molecule has 4 nitrogen and oxygen atoms in total. The summed E-state index contributed by atoms with van der Waals surface area (Å²) in [6, 6.07) is 8.20. The van der Waals surface area contributed by atoms with E-state index >= 15 is 0 Å². The lowest BCUT2D eigenvalue weighted by Gasteiger charge is -2.26. The highest BCUT2D eigenvalue weighted by molar-refractivity contribution is 5.89. The quantitative estimate of drug-likeness (QED) is 0.748. The Morgan fingerprint density at radius 1 is 1.29 bits per heavy atom. The van der Waals surface area contributed by atoms with Gasteiger partial charge in [0.15, 0.2) is 0 Å². The van der Waals surface area contributed by atoms with E-state index in [1.807, 2.05) is 12.1 Å². The van der Waals surface area contributed by atoms with Crippen molar-refractivity contribution in [2.24, 2.45) is 5.92 Å². The molecule has 4 heteroatoms. The molecule has 2 amide bonds. The standard InChI is InChI=1S/C17H27N3O/c1-5-18-12(2)13-6-10-15(11-7-13)19-16(21)20-17(3,4)14-8-9-14/h6-7,10-12,14,18H,5,8-9H2,1-4H3,(H2,19,20,21). The van der Waals surface area contributed by atoms with Crippen molar-refractivity contribution in [3.63, 3.8) is 0 Å². The Kier molecular flexibility index (Phi) is 4.88. The maximum atomic E-state index is 12.0. The molecule has 1 aliphatic carbocycles. The Hall–Kier alpha value is -1.55. The summed E-state index contributed by atoms with van der Waals surface area (Å²) in [5.74, 6) is 0.617. The van der Waals surface area contributed by atoms with E-state index in [2.05, 4.69) is 55.8 Å². The highest BCUT2D eigenvalue weighted by Gasteiger charge is 2.38.